The number of aromatic nitrogens is 1. The molecular weight excluding hydrogens is 484 g/mol. The van der Waals surface area contributed by atoms with Crippen molar-refractivity contribution in [1.82, 2.24) is 4.98 Å². The third-order valence-electron chi connectivity index (χ3n) is 7.20. The van der Waals surface area contributed by atoms with Gasteiger partial charge in [-0.15, -0.1) is 0 Å². The molecule has 0 amide bonds. The van der Waals surface area contributed by atoms with Crippen molar-refractivity contribution < 1.29 is 14.6 Å². The number of carboxylic acid groups (broad SMARTS) is 1. The molecule has 5 nitrogen and oxygen atoms in total. The normalized spacial score (nSPS) is 14.1. The lowest BCUT2D eigenvalue weighted by molar-refractivity contribution is -0.160. The van der Waals surface area contributed by atoms with Crippen LogP contribution in [-0.2, 0) is 22.5 Å². The number of aryl methyl sites for hydroxylation is 2. The summed E-state index contributed by atoms with van der Waals surface area (Å²) in [6.07, 6.45) is -0.348. The van der Waals surface area contributed by atoms with E-state index >= 15 is 0 Å². The molecule has 1 N–H and O–H groups in total. The van der Waals surface area contributed by atoms with Crippen LogP contribution in [0.2, 0.25) is 0 Å². The van der Waals surface area contributed by atoms with Gasteiger partial charge in [0, 0.05) is 47.7 Å². The summed E-state index contributed by atoms with van der Waals surface area (Å²) in [5, 5.41) is 10.3. The molecule has 5 heteroatoms. The summed E-state index contributed by atoms with van der Waals surface area (Å²) in [7, 11) is 0. The van der Waals surface area contributed by atoms with Gasteiger partial charge in [0.15, 0.2) is 6.10 Å². The molecule has 0 aliphatic carbocycles. The number of carbonyl (C=O) groups is 1. The SMILES string of the molecule is Cc1ccc(-c2c3c(nc(C)c2C(OC(C)(C)C)C(=O)O)CCN(c2cccc(-c4ccccc4)c2)C3)cc1. The molecule has 2 heterocycles. The zero-order chi connectivity index (χ0) is 27.7. The number of rotatable bonds is 6. The molecule has 0 spiro atoms. The molecule has 0 bridgehead atoms. The maximum atomic E-state index is 12.6. The smallest absolute Gasteiger partial charge is 0.337 e. The Balaban J connectivity index is 1.64. The Morgan fingerprint density at radius 3 is 2.28 bits per heavy atom. The fourth-order valence-electron chi connectivity index (χ4n) is 5.40. The van der Waals surface area contributed by atoms with Crippen LogP contribution in [0.15, 0.2) is 78.9 Å². The molecular formula is C34H36N2O3. The van der Waals surface area contributed by atoms with Gasteiger partial charge in [0.1, 0.15) is 0 Å². The van der Waals surface area contributed by atoms with E-state index in [0.29, 0.717) is 17.8 Å². The van der Waals surface area contributed by atoms with Crippen LogP contribution in [0.1, 0.15) is 55.0 Å². The zero-order valence-corrected chi connectivity index (χ0v) is 23.4. The van der Waals surface area contributed by atoms with Gasteiger partial charge >= 0.3 is 5.97 Å². The second kappa shape index (κ2) is 10.7. The fourth-order valence-corrected chi connectivity index (χ4v) is 5.40. The summed E-state index contributed by atoms with van der Waals surface area (Å²) >= 11 is 0. The Morgan fingerprint density at radius 1 is 0.923 bits per heavy atom. The van der Waals surface area contributed by atoms with Gasteiger partial charge in [0.05, 0.1) is 5.60 Å². The molecule has 39 heavy (non-hydrogen) atoms. The van der Waals surface area contributed by atoms with Crippen molar-refractivity contribution in [3.05, 3.63) is 107 Å². The van der Waals surface area contributed by atoms with E-state index in [1.807, 2.05) is 33.8 Å². The second-order valence-corrected chi connectivity index (χ2v) is 11.3. The van der Waals surface area contributed by atoms with Crippen LogP contribution in [0.4, 0.5) is 5.69 Å². The maximum Gasteiger partial charge on any atom is 0.337 e. The first-order valence-corrected chi connectivity index (χ1v) is 13.5. The van der Waals surface area contributed by atoms with Crippen molar-refractivity contribution in [2.24, 2.45) is 0 Å². The van der Waals surface area contributed by atoms with Crippen molar-refractivity contribution in [2.75, 3.05) is 11.4 Å². The average molecular weight is 521 g/mol. The lowest BCUT2D eigenvalue weighted by Gasteiger charge is -2.35. The van der Waals surface area contributed by atoms with E-state index in [0.717, 1.165) is 46.6 Å². The Bertz CT molecular complexity index is 1490. The number of nitrogens with zero attached hydrogens (tertiary/aromatic N) is 2. The number of benzene rings is 3. The van der Waals surface area contributed by atoms with E-state index in [4.69, 9.17) is 9.72 Å². The van der Waals surface area contributed by atoms with Crippen LogP contribution in [0.25, 0.3) is 22.3 Å². The van der Waals surface area contributed by atoms with Crippen molar-refractivity contribution in [2.45, 2.75) is 59.3 Å². The Hall–Kier alpha value is -3.96. The minimum atomic E-state index is -1.13. The summed E-state index contributed by atoms with van der Waals surface area (Å²) in [6.45, 7) is 11.1. The van der Waals surface area contributed by atoms with Gasteiger partial charge in [-0.3, -0.25) is 4.98 Å². The summed E-state index contributed by atoms with van der Waals surface area (Å²) in [6, 6.07) is 27.3. The molecule has 200 valence electrons. The van der Waals surface area contributed by atoms with E-state index in [1.165, 1.54) is 11.1 Å². The molecule has 4 aromatic rings. The van der Waals surface area contributed by atoms with Crippen LogP contribution in [0, 0.1) is 13.8 Å². The first-order chi connectivity index (χ1) is 18.6. The number of ether oxygens (including phenoxy) is 1. The highest BCUT2D eigenvalue weighted by Crippen LogP contribution is 2.41. The molecule has 0 radical (unpaired) electrons. The Kier molecular flexibility index (Phi) is 7.28. The summed E-state index contributed by atoms with van der Waals surface area (Å²) in [4.78, 5) is 20.0. The number of anilines is 1. The molecule has 1 aromatic heterocycles. The highest BCUT2D eigenvalue weighted by atomic mass is 16.5. The molecule has 0 fully saturated rings. The lowest BCUT2D eigenvalue weighted by atomic mass is 9.87. The highest BCUT2D eigenvalue weighted by molar-refractivity contribution is 5.83. The molecule has 1 unspecified atom stereocenters. The Morgan fingerprint density at radius 2 is 1.62 bits per heavy atom. The van der Waals surface area contributed by atoms with E-state index in [1.54, 1.807) is 0 Å². The molecule has 5 rings (SSSR count). The first-order valence-electron chi connectivity index (χ1n) is 13.5. The van der Waals surface area contributed by atoms with E-state index < -0.39 is 17.7 Å². The Labute approximate surface area is 231 Å². The van der Waals surface area contributed by atoms with E-state index in [2.05, 4.69) is 84.6 Å². The van der Waals surface area contributed by atoms with Gasteiger partial charge in [-0.25, -0.2) is 4.79 Å². The molecule has 1 atom stereocenters. The standard InChI is InChI=1S/C34H36N2O3/c1-22-14-16-25(17-15-22)31-28-21-36(27-13-9-12-26(20-27)24-10-7-6-8-11-24)19-18-29(28)35-23(2)30(31)32(33(37)38)39-34(3,4)5/h6-17,20,32H,18-19,21H2,1-5H3,(H,37,38). The largest absolute Gasteiger partial charge is 0.479 e. The highest BCUT2D eigenvalue weighted by Gasteiger charge is 2.34. The predicted molar refractivity (Wildman–Crippen MR) is 157 cm³/mol. The first kappa shape index (κ1) is 26.6. The summed E-state index contributed by atoms with van der Waals surface area (Å²) in [5.74, 6) is -1.01. The van der Waals surface area contributed by atoms with Gasteiger partial charge in [-0.1, -0.05) is 72.3 Å². The number of hydrogen-bond donors (Lipinski definition) is 1. The third-order valence-corrected chi connectivity index (χ3v) is 7.20. The van der Waals surface area contributed by atoms with E-state index in [-0.39, 0.29) is 0 Å². The number of hydrogen-bond acceptors (Lipinski definition) is 4. The van der Waals surface area contributed by atoms with Crippen LogP contribution < -0.4 is 4.90 Å². The monoisotopic (exact) mass is 520 g/mol. The number of pyridine rings is 1. The lowest BCUT2D eigenvalue weighted by Crippen LogP contribution is -2.33. The van der Waals surface area contributed by atoms with Crippen molar-refractivity contribution in [3.8, 4) is 22.3 Å². The van der Waals surface area contributed by atoms with Gasteiger partial charge < -0.3 is 14.7 Å². The summed E-state index contributed by atoms with van der Waals surface area (Å²) in [5.41, 5.74) is 9.37. The third kappa shape index (κ3) is 5.74. The topological polar surface area (TPSA) is 62.7 Å². The van der Waals surface area contributed by atoms with Crippen LogP contribution in [-0.4, -0.2) is 28.2 Å². The molecule has 1 aliphatic heterocycles. The van der Waals surface area contributed by atoms with Gasteiger partial charge in [0.2, 0.25) is 0 Å². The van der Waals surface area contributed by atoms with Crippen molar-refractivity contribution in [1.29, 1.82) is 0 Å². The minimum Gasteiger partial charge on any atom is -0.479 e. The number of fused-ring (bicyclic) bond motifs is 1. The molecule has 0 saturated carbocycles. The number of carboxylic acids is 1. The molecule has 0 saturated heterocycles. The predicted octanol–water partition coefficient (Wildman–Crippen LogP) is 7.54. The zero-order valence-electron chi connectivity index (χ0n) is 23.4. The van der Waals surface area contributed by atoms with Crippen LogP contribution >= 0.6 is 0 Å². The van der Waals surface area contributed by atoms with Crippen LogP contribution in [0.3, 0.4) is 0 Å². The number of aliphatic carboxylic acids is 1. The quantitative estimate of drug-likeness (QED) is 0.285. The summed E-state index contributed by atoms with van der Waals surface area (Å²) < 4.78 is 6.17. The fraction of sp³-hybridized carbons (Fsp3) is 0.294. The van der Waals surface area contributed by atoms with Gasteiger partial charge in [-0.2, -0.15) is 0 Å². The van der Waals surface area contributed by atoms with Gasteiger partial charge in [-0.05, 0) is 69.0 Å². The average Bonchev–Trinajstić information content (AvgIpc) is 2.91. The van der Waals surface area contributed by atoms with Crippen molar-refractivity contribution in [3.63, 3.8) is 0 Å². The van der Waals surface area contributed by atoms with E-state index in [9.17, 15) is 9.90 Å². The minimum absolute atomic E-state index is 0.638. The molecule has 1 aliphatic rings. The molecule has 3 aromatic carbocycles. The second-order valence-electron chi connectivity index (χ2n) is 11.3. The van der Waals surface area contributed by atoms with Crippen LogP contribution in [0.5, 0.6) is 0 Å². The van der Waals surface area contributed by atoms with Crippen molar-refractivity contribution >= 4 is 11.7 Å². The van der Waals surface area contributed by atoms with Gasteiger partial charge in [0.25, 0.3) is 0 Å². The maximum absolute atomic E-state index is 12.6.